The minimum Gasteiger partial charge on any atom is -0.137 e. The van der Waals surface area contributed by atoms with Crippen LogP contribution in [0.15, 0.2) is 48.5 Å². The van der Waals surface area contributed by atoms with E-state index in [1.807, 2.05) is 6.07 Å². The number of hydrogen-bond donors (Lipinski definition) is 0. The van der Waals surface area contributed by atoms with Crippen molar-refractivity contribution in [2.75, 3.05) is 0 Å². The third kappa shape index (κ3) is 2.29. The van der Waals surface area contributed by atoms with Crippen LogP contribution in [0.25, 0.3) is 10.8 Å². The van der Waals surface area contributed by atoms with Crippen LogP contribution < -0.4 is 0 Å². The molecule has 0 aliphatic heterocycles. The first kappa shape index (κ1) is 13.1. The molecule has 104 valence electrons. The van der Waals surface area contributed by atoms with Crippen molar-refractivity contribution < 1.29 is 0 Å². The Morgan fingerprint density at radius 3 is 2.52 bits per heavy atom. The third-order valence-electron chi connectivity index (χ3n) is 4.16. The Balaban J connectivity index is 1.74. The van der Waals surface area contributed by atoms with Gasteiger partial charge in [0.1, 0.15) is 0 Å². The van der Waals surface area contributed by atoms with E-state index >= 15 is 0 Å². The van der Waals surface area contributed by atoms with E-state index in [1.165, 1.54) is 16.3 Å². The molecule has 1 aliphatic rings. The van der Waals surface area contributed by atoms with Crippen LogP contribution in [0, 0.1) is 0 Å². The summed E-state index contributed by atoms with van der Waals surface area (Å²) in [5.41, 5.74) is 2.39. The maximum Gasteiger partial charge on any atom is 0.155 e. The molecule has 4 rings (SSSR count). The zero-order valence-corrected chi connectivity index (χ0v) is 12.6. The number of fused-ring (bicyclic) bond motifs is 1. The highest BCUT2D eigenvalue weighted by molar-refractivity contribution is 6.31. The Bertz CT molecular complexity index is 827. The van der Waals surface area contributed by atoms with E-state index in [9.17, 15) is 0 Å². The second-order valence-electron chi connectivity index (χ2n) is 5.43. The summed E-state index contributed by atoms with van der Waals surface area (Å²) in [5, 5.41) is 11.2. The molecule has 0 N–H and O–H groups in total. The fraction of sp³-hybridized carbons (Fsp3) is 0.176. The van der Waals surface area contributed by atoms with E-state index in [4.69, 9.17) is 23.2 Å². The highest BCUT2D eigenvalue weighted by Gasteiger charge is 2.41. The molecule has 4 heteroatoms. The molecule has 0 spiro atoms. The Morgan fingerprint density at radius 2 is 1.62 bits per heavy atom. The molecule has 2 aromatic carbocycles. The van der Waals surface area contributed by atoms with Crippen molar-refractivity contribution in [2.24, 2.45) is 0 Å². The molecule has 3 aromatic rings. The topological polar surface area (TPSA) is 25.8 Å². The van der Waals surface area contributed by atoms with Crippen LogP contribution >= 0.6 is 23.2 Å². The van der Waals surface area contributed by atoms with E-state index in [0.717, 1.165) is 12.0 Å². The van der Waals surface area contributed by atoms with Gasteiger partial charge in [-0.25, -0.2) is 0 Å². The first-order valence-corrected chi connectivity index (χ1v) is 7.66. The number of hydrogen-bond acceptors (Lipinski definition) is 2. The molecule has 2 atom stereocenters. The number of benzene rings is 2. The van der Waals surface area contributed by atoms with Crippen LogP contribution in [0.5, 0.6) is 0 Å². The number of nitrogens with zero attached hydrogens (tertiary/aromatic N) is 2. The van der Waals surface area contributed by atoms with Gasteiger partial charge in [-0.1, -0.05) is 65.7 Å². The van der Waals surface area contributed by atoms with Crippen molar-refractivity contribution in [1.82, 2.24) is 10.2 Å². The van der Waals surface area contributed by atoms with Gasteiger partial charge in [0.25, 0.3) is 0 Å². The maximum absolute atomic E-state index is 6.17. The zero-order valence-electron chi connectivity index (χ0n) is 11.1. The van der Waals surface area contributed by atoms with Gasteiger partial charge in [-0.15, -0.1) is 10.2 Å². The van der Waals surface area contributed by atoms with Crippen LogP contribution in [-0.2, 0) is 0 Å². The Labute approximate surface area is 132 Å². The molecule has 0 amide bonds. The van der Waals surface area contributed by atoms with Crippen molar-refractivity contribution in [3.05, 3.63) is 70.0 Å². The van der Waals surface area contributed by atoms with Gasteiger partial charge in [-0.3, -0.25) is 0 Å². The second-order valence-corrected chi connectivity index (χ2v) is 6.18. The molecule has 21 heavy (non-hydrogen) atoms. The van der Waals surface area contributed by atoms with Crippen molar-refractivity contribution in [3.63, 3.8) is 0 Å². The van der Waals surface area contributed by atoms with E-state index < -0.39 is 0 Å². The van der Waals surface area contributed by atoms with Gasteiger partial charge >= 0.3 is 0 Å². The van der Waals surface area contributed by atoms with Crippen LogP contribution in [0.4, 0.5) is 0 Å². The average molecular weight is 315 g/mol. The molecule has 2 nitrogen and oxygen atoms in total. The molecule has 0 saturated heterocycles. The summed E-state index contributed by atoms with van der Waals surface area (Å²) < 4.78 is 0. The number of rotatable bonds is 2. The minimum absolute atomic E-state index is 0.385. The zero-order chi connectivity index (χ0) is 14.4. The summed E-state index contributed by atoms with van der Waals surface area (Å²) in [6.07, 6.45) is 1.08. The quantitative estimate of drug-likeness (QED) is 0.649. The van der Waals surface area contributed by atoms with Gasteiger partial charge in [0.05, 0.1) is 0 Å². The smallest absolute Gasteiger partial charge is 0.137 e. The predicted octanol–water partition coefficient (Wildman–Crippen LogP) is 5.21. The molecule has 0 radical (unpaired) electrons. The summed E-state index contributed by atoms with van der Waals surface area (Å²) in [5.74, 6) is 0.866. The van der Waals surface area contributed by atoms with Gasteiger partial charge < -0.3 is 0 Å². The number of aromatic nitrogens is 2. The van der Waals surface area contributed by atoms with Crippen molar-refractivity contribution >= 4 is 34.0 Å². The van der Waals surface area contributed by atoms with Gasteiger partial charge in [0.2, 0.25) is 0 Å². The van der Waals surface area contributed by atoms with Crippen LogP contribution in [0.1, 0.15) is 29.4 Å². The average Bonchev–Trinajstić information content (AvgIpc) is 3.29. The van der Waals surface area contributed by atoms with E-state index in [2.05, 4.69) is 52.7 Å². The van der Waals surface area contributed by atoms with Crippen LogP contribution in [0.3, 0.4) is 0 Å². The first-order chi connectivity index (χ1) is 10.2. The molecule has 1 saturated carbocycles. The lowest BCUT2D eigenvalue weighted by molar-refractivity contribution is 0.958. The second kappa shape index (κ2) is 4.97. The maximum atomic E-state index is 6.17. The molecule has 1 aromatic heterocycles. The molecule has 0 bridgehead atoms. The van der Waals surface area contributed by atoms with Gasteiger partial charge in [0.15, 0.2) is 10.3 Å². The minimum atomic E-state index is 0.385. The molecule has 2 unspecified atom stereocenters. The highest BCUT2D eigenvalue weighted by Crippen LogP contribution is 2.57. The lowest BCUT2D eigenvalue weighted by Crippen LogP contribution is -1.92. The lowest BCUT2D eigenvalue weighted by Gasteiger charge is -2.07. The fourth-order valence-corrected chi connectivity index (χ4v) is 3.47. The van der Waals surface area contributed by atoms with Crippen LogP contribution in [0.2, 0.25) is 10.3 Å². The van der Waals surface area contributed by atoms with Crippen molar-refractivity contribution in [3.8, 4) is 0 Å². The lowest BCUT2D eigenvalue weighted by atomic mass is 9.99. The molecule has 1 heterocycles. The fourth-order valence-electron chi connectivity index (χ4n) is 3.08. The van der Waals surface area contributed by atoms with Crippen molar-refractivity contribution in [2.45, 2.75) is 18.3 Å². The van der Waals surface area contributed by atoms with E-state index in [0.29, 0.717) is 22.1 Å². The Morgan fingerprint density at radius 1 is 0.857 bits per heavy atom. The summed E-state index contributed by atoms with van der Waals surface area (Å²) >= 11 is 12.1. The SMILES string of the molecule is Clc1cc(C2CC2c2cccc3ccccc23)c(Cl)nn1. The predicted molar refractivity (Wildman–Crippen MR) is 86.1 cm³/mol. The third-order valence-corrected chi connectivity index (χ3v) is 4.64. The molecule has 1 aliphatic carbocycles. The molecular formula is C17H12Cl2N2. The molecule has 1 fully saturated rings. The van der Waals surface area contributed by atoms with Crippen LogP contribution in [-0.4, -0.2) is 10.2 Å². The first-order valence-electron chi connectivity index (χ1n) is 6.90. The monoisotopic (exact) mass is 314 g/mol. The largest absolute Gasteiger partial charge is 0.155 e. The van der Waals surface area contributed by atoms with E-state index in [1.54, 1.807) is 0 Å². The Kier molecular flexibility index (Phi) is 3.09. The number of halogens is 2. The van der Waals surface area contributed by atoms with Gasteiger partial charge in [-0.2, -0.15) is 0 Å². The normalized spacial score (nSPS) is 20.7. The summed E-state index contributed by atoms with van der Waals surface area (Å²) in [7, 11) is 0. The van der Waals surface area contributed by atoms with Gasteiger partial charge in [-0.05, 0) is 46.2 Å². The molecular weight excluding hydrogens is 303 g/mol. The highest BCUT2D eigenvalue weighted by atomic mass is 35.5. The summed E-state index contributed by atoms with van der Waals surface area (Å²) in [6.45, 7) is 0. The Hall–Kier alpha value is -1.64. The van der Waals surface area contributed by atoms with E-state index in [-0.39, 0.29) is 0 Å². The van der Waals surface area contributed by atoms with Crippen molar-refractivity contribution in [1.29, 1.82) is 0 Å². The summed E-state index contributed by atoms with van der Waals surface area (Å²) in [4.78, 5) is 0. The van der Waals surface area contributed by atoms with Gasteiger partial charge in [0, 0.05) is 0 Å². The standard InChI is InChI=1S/C17H12Cl2N2/c18-16-9-15(17(19)21-20-16)14-8-13(14)12-7-3-5-10-4-1-2-6-11(10)12/h1-7,9,13-14H,8H2. The summed E-state index contributed by atoms with van der Waals surface area (Å²) in [6, 6.07) is 16.8.